The molecule has 0 spiro atoms. The number of rotatable bonds is 5. The summed E-state index contributed by atoms with van der Waals surface area (Å²) in [6.45, 7) is 2.59. The Kier molecular flexibility index (Phi) is 5.04. The Hall–Kier alpha value is -2.49. The fourth-order valence-corrected chi connectivity index (χ4v) is 2.30. The third-order valence-electron chi connectivity index (χ3n) is 3.65. The van der Waals surface area contributed by atoms with Gasteiger partial charge in [-0.3, -0.25) is 4.79 Å². The zero-order valence-electron chi connectivity index (χ0n) is 13.4. The molecule has 0 saturated heterocycles. The lowest BCUT2D eigenvalue weighted by molar-refractivity contribution is 0.0781. The molecule has 22 heavy (non-hydrogen) atoms. The van der Waals surface area contributed by atoms with Gasteiger partial charge in [-0.25, -0.2) is 0 Å². The van der Waals surface area contributed by atoms with E-state index in [9.17, 15) is 4.79 Å². The third kappa shape index (κ3) is 3.39. The van der Waals surface area contributed by atoms with Crippen molar-refractivity contribution in [2.24, 2.45) is 0 Å². The molecular formula is C18H21NO3. The van der Waals surface area contributed by atoms with Crippen LogP contribution in [0.5, 0.6) is 11.5 Å². The van der Waals surface area contributed by atoms with Crippen LogP contribution in [0, 0.1) is 6.92 Å². The molecule has 0 radical (unpaired) electrons. The van der Waals surface area contributed by atoms with E-state index in [0.717, 1.165) is 5.56 Å². The zero-order valence-corrected chi connectivity index (χ0v) is 13.4. The van der Waals surface area contributed by atoms with Crippen LogP contribution in [0.25, 0.3) is 0 Å². The van der Waals surface area contributed by atoms with Crippen LogP contribution in [0.1, 0.15) is 21.5 Å². The van der Waals surface area contributed by atoms with Gasteiger partial charge in [0.1, 0.15) is 11.5 Å². The van der Waals surface area contributed by atoms with E-state index >= 15 is 0 Å². The van der Waals surface area contributed by atoms with Gasteiger partial charge in [0.05, 0.1) is 19.8 Å². The fraction of sp³-hybridized carbons (Fsp3) is 0.278. The average Bonchev–Trinajstić information content (AvgIpc) is 2.55. The van der Waals surface area contributed by atoms with E-state index in [1.807, 2.05) is 31.2 Å². The summed E-state index contributed by atoms with van der Waals surface area (Å²) in [4.78, 5) is 14.4. The lowest BCUT2D eigenvalue weighted by Gasteiger charge is -2.20. The number of carbonyl (C=O) groups excluding carboxylic acids is 1. The topological polar surface area (TPSA) is 38.8 Å². The molecule has 0 aromatic heterocycles. The van der Waals surface area contributed by atoms with Crippen molar-refractivity contribution >= 4 is 5.91 Å². The van der Waals surface area contributed by atoms with E-state index in [2.05, 4.69) is 0 Å². The average molecular weight is 299 g/mol. The summed E-state index contributed by atoms with van der Waals surface area (Å²) in [5.74, 6) is 1.08. The fourth-order valence-electron chi connectivity index (χ4n) is 2.30. The van der Waals surface area contributed by atoms with Crippen molar-refractivity contribution in [2.45, 2.75) is 13.5 Å². The highest BCUT2D eigenvalue weighted by Crippen LogP contribution is 2.25. The summed E-state index contributed by atoms with van der Waals surface area (Å²) < 4.78 is 10.5. The molecule has 0 aliphatic heterocycles. The molecule has 0 unspecified atom stereocenters. The molecular weight excluding hydrogens is 278 g/mol. The van der Waals surface area contributed by atoms with Gasteiger partial charge in [0.25, 0.3) is 5.91 Å². The Morgan fingerprint density at radius 1 is 1.09 bits per heavy atom. The normalized spacial score (nSPS) is 10.2. The molecule has 0 N–H and O–H groups in total. The molecule has 4 nitrogen and oxygen atoms in total. The lowest BCUT2D eigenvalue weighted by atomic mass is 10.1. The van der Waals surface area contributed by atoms with Crippen molar-refractivity contribution in [3.63, 3.8) is 0 Å². The number of benzene rings is 2. The first kappa shape index (κ1) is 15.9. The second kappa shape index (κ2) is 6.98. The van der Waals surface area contributed by atoms with Crippen LogP contribution in [-0.4, -0.2) is 32.1 Å². The third-order valence-corrected chi connectivity index (χ3v) is 3.65. The molecule has 0 aliphatic rings. The summed E-state index contributed by atoms with van der Waals surface area (Å²) in [5, 5.41) is 0. The van der Waals surface area contributed by atoms with E-state index in [0.29, 0.717) is 23.6 Å². The van der Waals surface area contributed by atoms with Crippen molar-refractivity contribution < 1.29 is 14.3 Å². The summed E-state index contributed by atoms with van der Waals surface area (Å²) in [5.41, 5.74) is 2.79. The number of methoxy groups -OCH3 is 2. The van der Waals surface area contributed by atoms with Crippen LogP contribution in [-0.2, 0) is 6.54 Å². The van der Waals surface area contributed by atoms with Crippen molar-refractivity contribution in [3.8, 4) is 11.5 Å². The second-order valence-corrected chi connectivity index (χ2v) is 5.15. The van der Waals surface area contributed by atoms with Crippen molar-refractivity contribution in [3.05, 3.63) is 59.2 Å². The van der Waals surface area contributed by atoms with Gasteiger partial charge in [0, 0.05) is 13.6 Å². The van der Waals surface area contributed by atoms with Gasteiger partial charge in [0.2, 0.25) is 0 Å². The van der Waals surface area contributed by atoms with Crippen LogP contribution in [0.3, 0.4) is 0 Å². The Bertz CT molecular complexity index is 667. The first-order chi connectivity index (χ1) is 10.6. The monoisotopic (exact) mass is 299 g/mol. The van der Waals surface area contributed by atoms with Gasteiger partial charge in [-0.05, 0) is 36.2 Å². The largest absolute Gasteiger partial charge is 0.497 e. The molecule has 0 saturated carbocycles. The molecule has 4 heteroatoms. The van der Waals surface area contributed by atoms with E-state index in [4.69, 9.17) is 9.47 Å². The van der Waals surface area contributed by atoms with Gasteiger partial charge >= 0.3 is 0 Å². The van der Waals surface area contributed by atoms with E-state index < -0.39 is 0 Å². The first-order valence-electron chi connectivity index (χ1n) is 7.08. The molecule has 116 valence electrons. The lowest BCUT2D eigenvalue weighted by Crippen LogP contribution is -2.27. The molecule has 0 atom stereocenters. The first-order valence-corrected chi connectivity index (χ1v) is 7.08. The number of nitrogens with zero attached hydrogens (tertiary/aromatic N) is 1. The summed E-state index contributed by atoms with van der Waals surface area (Å²) in [6, 6.07) is 13.3. The summed E-state index contributed by atoms with van der Waals surface area (Å²) in [6.07, 6.45) is 0. The van der Waals surface area contributed by atoms with Crippen LogP contribution >= 0.6 is 0 Å². The summed E-state index contributed by atoms with van der Waals surface area (Å²) in [7, 11) is 4.92. The van der Waals surface area contributed by atoms with Gasteiger partial charge in [-0.15, -0.1) is 0 Å². The number of amides is 1. The number of hydrogen-bond acceptors (Lipinski definition) is 3. The Balaban J connectivity index is 2.25. The minimum atomic E-state index is -0.0981. The highest BCUT2D eigenvalue weighted by atomic mass is 16.5. The summed E-state index contributed by atoms with van der Waals surface area (Å²) >= 11 is 0. The second-order valence-electron chi connectivity index (χ2n) is 5.15. The Morgan fingerprint density at radius 2 is 1.82 bits per heavy atom. The number of hydrogen-bond donors (Lipinski definition) is 0. The molecule has 0 fully saturated rings. The minimum Gasteiger partial charge on any atom is -0.497 e. The molecule has 2 aromatic rings. The molecule has 2 rings (SSSR count). The number of carbonyl (C=O) groups is 1. The predicted octanol–water partition coefficient (Wildman–Crippen LogP) is 3.28. The van der Waals surface area contributed by atoms with Crippen molar-refractivity contribution in [2.75, 3.05) is 21.3 Å². The maximum Gasteiger partial charge on any atom is 0.257 e. The number of ether oxygens (including phenoxy) is 2. The van der Waals surface area contributed by atoms with Crippen molar-refractivity contribution in [1.29, 1.82) is 0 Å². The maximum atomic E-state index is 12.7. The van der Waals surface area contributed by atoms with Crippen LogP contribution in [0.4, 0.5) is 0 Å². The van der Waals surface area contributed by atoms with Crippen LogP contribution < -0.4 is 9.47 Å². The van der Waals surface area contributed by atoms with Gasteiger partial charge in [-0.2, -0.15) is 0 Å². The van der Waals surface area contributed by atoms with Crippen LogP contribution in [0.2, 0.25) is 0 Å². The maximum absolute atomic E-state index is 12.7. The van der Waals surface area contributed by atoms with Gasteiger partial charge in [0.15, 0.2) is 0 Å². The molecule has 0 heterocycles. The van der Waals surface area contributed by atoms with Crippen molar-refractivity contribution in [1.82, 2.24) is 4.90 Å². The highest BCUT2D eigenvalue weighted by molar-refractivity contribution is 5.97. The smallest absolute Gasteiger partial charge is 0.257 e. The molecule has 0 bridgehead atoms. The predicted molar refractivity (Wildman–Crippen MR) is 86.5 cm³/mol. The standard InChI is InChI=1S/C18H21NO3/c1-13-7-5-6-8-14(13)12-19(2)18(20)16-11-15(21-3)9-10-17(16)22-4/h5-11H,12H2,1-4H3. The van der Waals surface area contributed by atoms with E-state index in [1.165, 1.54) is 5.56 Å². The Morgan fingerprint density at radius 3 is 2.45 bits per heavy atom. The van der Waals surface area contributed by atoms with E-state index in [1.54, 1.807) is 44.4 Å². The highest BCUT2D eigenvalue weighted by Gasteiger charge is 2.18. The molecule has 0 aliphatic carbocycles. The van der Waals surface area contributed by atoms with Gasteiger partial charge < -0.3 is 14.4 Å². The number of aryl methyl sites for hydroxylation is 1. The van der Waals surface area contributed by atoms with Gasteiger partial charge in [-0.1, -0.05) is 24.3 Å². The minimum absolute atomic E-state index is 0.0981. The molecule has 2 aromatic carbocycles. The Labute approximate surface area is 131 Å². The van der Waals surface area contributed by atoms with E-state index in [-0.39, 0.29) is 5.91 Å². The zero-order chi connectivity index (χ0) is 16.1. The van der Waals surface area contributed by atoms with Crippen LogP contribution in [0.15, 0.2) is 42.5 Å². The molecule has 1 amide bonds. The SMILES string of the molecule is COc1ccc(OC)c(C(=O)N(C)Cc2ccccc2C)c1. The quantitative estimate of drug-likeness (QED) is 0.850.